The van der Waals surface area contributed by atoms with Crippen LogP contribution in [0, 0.1) is 6.92 Å². The first-order chi connectivity index (χ1) is 4.18. The quantitative estimate of drug-likeness (QED) is 0.534. The van der Waals surface area contributed by atoms with E-state index >= 15 is 0 Å². The standard InChI is InChI=1S/C6H14NO2/c1-6(8)7(2)4-5-9-3/h6,8H,1,4-5H2,2-3H3. The Labute approximate surface area is 56.2 Å². The minimum atomic E-state index is -0.625. The van der Waals surface area contributed by atoms with Gasteiger partial charge in [0.1, 0.15) is 6.23 Å². The maximum atomic E-state index is 8.81. The van der Waals surface area contributed by atoms with Crippen LogP contribution in [0.2, 0.25) is 0 Å². The zero-order chi connectivity index (χ0) is 7.28. The van der Waals surface area contributed by atoms with Crippen LogP contribution in [0.1, 0.15) is 0 Å². The highest BCUT2D eigenvalue weighted by Crippen LogP contribution is 1.87. The molecule has 0 aliphatic heterocycles. The highest BCUT2D eigenvalue weighted by Gasteiger charge is 2.01. The summed E-state index contributed by atoms with van der Waals surface area (Å²) in [6.07, 6.45) is -0.625. The summed E-state index contributed by atoms with van der Waals surface area (Å²) in [4.78, 5) is 1.70. The summed E-state index contributed by atoms with van der Waals surface area (Å²) < 4.78 is 4.78. The summed E-state index contributed by atoms with van der Waals surface area (Å²) in [6, 6.07) is 0. The molecule has 0 saturated heterocycles. The maximum Gasteiger partial charge on any atom is 0.107 e. The number of aliphatic hydroxyl groups excluding tert-OH is 1. The van der Waals surface area contributed by atoms with Crippen molar-refractivity contribution in [2.75, 3.05) is 27.3 Å². The lowest BCUT2D eigenvalue weighted by atomic mass is 10.5. The maximum absolute atomic E-state index is 8.81. The van der Waals surface area contributed by atoms with Gasteiger partial charge in [0.25, 0.3) is 0 Å². The molecular formula is C6H14NO2. The predicted octanol–water partition coefficient (Wildman–Crippen LogP) is -0.283. The third-order valence-electron chi connectivity index (χ3n) is 1.16. The molecular weight excluding hydrogens is 118 g/mol. The fraction of sp³-hybridized carbons (Fsp3) is 0.833. The van der Waals surface area contributed by atoms with Crippen molar-refractivity contribution in [1.29, 1.82) is 0 Å². The van der Waals surface area contributed by atoms with Crippen molar-refractivity contribution in [2.45, 2.75) is 6.23 Å². The second-order valence-electron chi connectivity index (χ2n) is 1.95. The van der Waals surface area contributed by atoms with Crippen molar-refractivity contribution >= 4 is 0 Å². The van der Waals surface area contributed by atoms with Crippen molar-refractivity contribution in [3.8, 4) is 0 Å². The molecule has 0 amide bonds. The van der Waals surface area contributed by atoms with E-state index < -0.39 is 6.23 Å². The molecule has 1 N–H and O–H groups in total. The van der Waals surface area contributed by atoms with Crippen molar-refractivity contribution in [1.82, 2.24) is 4.90 Å². The van der Waals surface area contributed by atoms with Crippen LogP contribution >= 0.6 is 0 Å². The summed E-state index contributed by atoms with van der Waals surface area (Å²) in [5, 5.41) is 8.81. The minimum absolute atomic E-state index is 0.625. The number of methoxy groups -OCH3 is 1. The third kappa shape index (κ3) is 4.39. The van der Waals surface area contributed by atoms with Gasteiger partial charge in [-0.15, -0.1) is 0 Å². The summed E-state index contributed by atoms with van der Waals surface area (Å²) in [5.74, 6) is 0. The van der Waals surface area contributed by atoms with E-state index in [-0.39, 0.29) is 0 Å². The van der Waals surface area contributed by atoms with Gasteiger partial charge in [0.05, 0.1) is 6.61 Å². The van der Waals surface area contributed by atoms with Crippen LogP contribution in [0.25, 0.3) is 0 Å². The lowest BCUT2D eigenvalue weighted by Crippen LogP contribution is -2.31. The number of nitrogens with zero attached hydrogens (tertiary/aromatic N) is 1. The molecule has 0 aliphatic rings. The fourth-order valence-corrected chi connectivity index (χ4v) is 0.384. The largest absolute Gasteiger partial charge is 0.383 e. The molecule has 1 radical (unpaired) electrons. The van der Waals surface area contributed by atoms with E-state index in [0.29, 0.717) is 13.2 Å². The first kappa shape index (κ1) is 8.88. The van der Waals surface area contributed by atoms with Gasteiger partial charge in [-0.1, -0.05) is 0 Å². The summed E-state index contributed by atoms with van der Waals surface area (Å²) >= 11 is 0. The molecule has 0 bridgehead atoms. The average Bonchev–Trinajstić information content (AvgIpc) is 1.82. The van der Waals surface area contributed by atoms with Gasteiger partial charge in [-0.2, -0.15) is 0 Å². The van der Waals surface area contributed by atoms with Crippen LogP contribution in [0.3, 0.4) is 0 Å². The molecule has 0 spiro atoms. The molecule has 9 heavy (non-hydrogen) atoms. The van der Waals surface area contributed by atoms with Gasteiger partial charge in [0, 0.05) is 13.7 Å². The monoisotopic (exact) mass is 132 g/mol. The Morgan fingerprint density at radius 3 is 2.67 bits per heavy atom. The van der Waals surface area contributed by atoms with Crippen LogP contribution in [0.15, 0.2) is 0 Å². The highest BCUT2D eigenvalue weighted by atomic mass is 16.5. The summed E-state index contributed by atoms with van der Waals surface area (Å²) in [6.45, 7) is 4.75. The van der Waals surface area contributed by atoms with Crippen LogP contribution < -0.4 is 0 Å². The summed E-state index contributed by atoms with van der Waals surface area (Å²) in [5.41, 5.74) is 0. The molecule has 55 valence electrons. The Hall–Kier alpha value is -0.120. The van der Waals surface area contributed by atoms with E-state index in [4.69, 9.17) is 9.84 Å². The van der Waals surface area contributed by atoms with E-state index in [2.05, 4.69) is 6.92 Å². The first-order valence-electron chi connectivity index (χ1n) is 2.89. The van der Waals surface area contributed by atoms with Crippen molar-refractivity contribution in [3.05, 3.63) is 6.92 Å². The molecule has 3 nitrogen and oxygen atoms in total. The van der Waals surface area contributed by atoms with Gasteiger partial charge in [0.2, 0.25) is 0 Å². The van der Waals surface area contributed by atoms with Crippen molar-refractivity contribution < 1.29 is 9.84 Å². The molecule has 0 rings (SSSR count). The lowest BCUT2D eigenvalue weighted by Gasteiger charge is -2.18. The highest BCUT2D eigenvalue weighted by molar-refractivity contribution is 4.56. The average molecular weight is 132 g/mol. The number of likely N-dealkylation sites (N-methyl/N-ethyl adjacent to an activating group) is 1. The van der Waals surface area contributed by atoms with E-state index in [1.165, 1.54) is 0 Å². The van der Waals surface area contributed by atoms with Crippen LogP contribution in [0.5, 0.6) is 0 Å². The molecule has 0 saturated carbocycles. The van der Waals surface area contributed by atoms with Gasteiger partial charge in [-0.05, 0) is 14.0 Å². The topological polar surface area (TPSA) is 32.7 Å². The zero-order valence-corrected chi connectivity index (χ0v) is 6.00. The molecule has 0 aliphatic carbocycles. The number of hydrogen-bond acceptors (Lipinski definition) is 3. The van der Waals surface area contributed by atoms with Crippen molar-refractivity contribution in [3.63, 3.8) is 0 Å². The smallest absolute Gasteiger partial charge is 0.107 e. The number of rotatable bonds is 4. The van der Waals surface area contributed by atoms with Gasteiger partial charge < -0.3 is 9.84 Å². The SMILES string of the molecule is [CH2]C(O)N(C)CCOC. The van der Waals surface area contributed by atoms with Gasteiger partial charge in [-0.3, -0.25) is 4.90 Å². The normalized spacial score (nSPS) is 14.3. The Morgan fingerprint density at radius 2 is 2.33 bits per heavy atom. The number of aliphatic hydroxyl groups is 1. The van der Waals surface area contributed by atoms with Crippen molar-refractivity contribution in [2.24, 2.45) is 0 Å². The molecule has 0 heterocycles. The Bertz CT molecular complexity index is 66.1. The first-order valence-corrected chi connectivity index (χ1v) is 2.89. The predicted molar refractivity (Wildman–Crippen MR) is 35.9 cm³/mol. The molecule has 1 unspecified atom stereocenters. The third-order valence-corrected chi connectivity index (χ3v) is 1.16. The lowest BCUT2D eigenvalue weighted by molar-refractivity contribution is 0.0404. The Morgan fingerprint density at radius 1 is 1.78 bits per heavy atom. The van der Waals surface area contributed by atoms with Crippen LogP contribution in [-0.2, 0) is 4.74 Å². The van der Waals surface area contributed by atoms with E-state index in [1.54, 1.807) is 19.1 Å². The molecule has 3 heteroatoms. The van der Waals surface area contributed by atoms with E-state index in [9.17, 15) is 0 Å². The van der Waals surface area contributed by atoms with Crippen LogP contribution in [0.4, 0.5) is 0 Å². The Balaban J connectivity index is 3.16. The fourth-order valence-electron chi connectivity index (χ4n) is 0.384. The van der Waals surface area contributed by atoms with Gasteiger partial charge in [0.15, 0.2) is 0 Å². The molecule has 0 aromatic carbocycles. The molecule has 0 aromatic rings. The second-order valence-corrected chi connectivity index (χ2v) is 1.95. The Kier molecular flexibility index (Phi) is 4.67. The van der Waals surface area contributed by atoms with E-state index in [0.717, 1.165) is 0 Å². The number of hydrogen-bond donors (Lipinski definition) is 1. The zero-order valence-electron chi connectivity index (χ0n) is 6.00. The summed E-state index contributed by atoms with van der Waals surface area (Å²) in [7, 11) is 3.42. The molecule has 0 fully saturated rings. The van der Waals surface area contributed by atoms with Gasteiger partial charge >= 0.3 is 0 Å². The number of ether oxygens (including phenoxy) is 1. The second kappa shape index (κ2) is 4.73. The minimum Gasteiger partial charge on any atom is -0.383 e. The van der Waals surface area contributed by atoms with Crippen LogP contribution in [-0.4, -0.2) is 43.5 Å². The molecule has 0 aromatic heterocycles. The molecule has 1 atom stereocenters. The van der Waals surface area contributed by atoms with Gasteiger partial charge in [-0.25, -0.2) is 0 Å². The van der Waals surface area contributed by atoms with E-state index in [1.807, 2.05) is 0 Å².